The molecule has 2 N–H and O–H groups in total. The lowest BCUT2D eigenvalue weighted by Gasteiger charge is -2.41. The number of ether oxygens (including phenoxy) is 4. The molecule has 55 heavy (non-hydrogen) atoms. The summed E-state index contributed by atoms with van der Waals surface area (Å²) >= 11 is 0. The standard InChI is InChI=1S/C24H29NO3.C24H29NO2/c1-11(2)19-18-10-28-23-17(8)13(4)12(3)14(5)21(23)20(18)15(6)16(7)22(19)25-24(26)27-9;1-11-12(2)16(6)23-20(13(11)3)19-14(4)15(5)22-21(18(19)10-26-23)24(8,9)27-17(7)25-22/h1,10H2,2-9H3,(H,25,26);25H,7,10H2,1-6,8-9H3. The number of carbonyl (C=O) groups excluding carboxylic acids is 1. The third-order valence-corrected chi connectivity index (χ3v) is 12.9. The highest BCUT2D eigenvalue weighted by molar-refractivity contribution is 5.97. The van der Waals surface area contributed by atoms with Crippen LogP contribution in [0.2, 0.25) is 0 Å². The van der Waals surface area contributed by atoms with Crippen LogP contribution < -0.4 is 20.1 Å². The number of anilines is 2. The number of allylic oxidation sites excluding steroid dienone is 1. The van der Waals surface area contributed by atoms with Gasteiger partial charge in [-0.3, -0.25) is 5.32 Å². The van der Waals surface area contributed by atoms with Crippen molar-refractivity contribution < 1.29 is 23.7 Å². The summed E-state index contributed by atoms with van der Waals surface area (Å²) in [5, 5.41) is 6.27. The molecule has 3 heterocycles. The van der Waals surface area contributed by atoms with Gasteiger partial charge in [-0.1, -0.05) is 6.58 Å². The second kappa shape index (κ2) is 13.8. The Balaban J connectivity index is 0.000000187. The molecule has 7 rings (SSSR count). The fourth-order valence-electron chi connectivity index (χ4n) is 9.03. The average molecular weight is 743 g/mol. The van der Waals surface area contributed by atoms with Gasteiger partial charge >= 0.3 is 6.09 Å². The van der Waals surface area contributed by atoms with Gasteiger partial charge in [0.15, 0.2) is 5.88 Å². The van der Waals surface area contributed by atoms with Crippen LogP contribution in [0, 0.1) is 83.1 Å². The van der Waals surface area contributed by atoms with Crippen molar-refractivity contribution in [3.8, 4) is 33.8 Å². The molecule has 0 aliphatic carbocycles. The molecule has 0 spiro atoms. The Morgan fingerprint density at radius 3 is 1.58 bits per heavy atom. The van der Waals surface area contributed by atoms with Crippen molar-refractivity contribution in [2.24, 2.45) is 0 Å². The van der Waals surface area contributed by atoms with Crippen molar-refractivity contribution in [2.45, 2.75) is 123 Å². The Morgan fingerprint density at radius 2 is 1.09 bits per heavy atom. The number of nitrogens with one attached hydrogen (secondary N) is 2. The summed E-state index contributed by atoms with van der Waals surface area (Å²) in [5.74, 6) is 2.61. The highest BCUT2D eigenvalue weighted by Gasteiger charge is 2.39. The molecule has 3 aliphatic rings. The number of hydrogen-bond donors (Lipinski definition) is 2. The van der Waals surface area contributed by atoms with E-state index in [0.29, 0.717) is 19.1 Å². The minimum atomic E-state index is -0.486. The van der Waals surface area contributed by atoms with Crippen LogP contribution in [0.1, 0.15) is 110 Å². The highest BCUT2D eigenvalue weighted by Crippen LogP contribution is 2.54. The molecule has 0 saturated heterocycles. The SMILES string of the molecule is C=C(C)c1c2c(c(C)c(C)c1NC(=O)OC)-c1c(C)c(C)c(C)c(C)c1OC2.C=C1Nc2c(C)c(C)c3c(c2C(C)(C)O1)COc1c(C)c(C)c(C)c(C)c1-3. The van der Waals surface area contributed by atoms with Crippen molar-refractivity contribution in [3.05, 3.63) is 108 Å². The first-order valence-corrected chi connectivity index (χ1v) is 19.1. The second-order valence-corrected chi connectivity index (χ2v) is 16.3. The minimum Gasteiger partial charge on any atom is -0.488 e. The number of fused-ring (bicyclic) bond motifs is 8. The normalized spacial score (nSPS) is 14.2. The summed E-state index contributed by atoms with van der Waals surface area (Å²) in [7, 11) is 1.37. The van der Waals surface area contributed by atoms with E-state index < -0.39 is 11.7 Å². The van der Waals surface area contributed by atoms with E-state index in [1.54, 1.807) is 0 Å². The molecular weight excluding hydrogens is 685 g/mol. The number of rotatable bonds is 2. The Bertz CT molecular complexity index is 2390. The van der Waals surface area contributed by atoms with E-state index in [2.05, 4.69) is 114 Å². The van der Waals surface area contributed by atoms with Gasteiger partial charge in [0.05, 0.1) is 18.5 Å². The van der Waals surface area contributed by atoms with Crippen molar-refractivity contribution in [1.29, 1.82) is 0 Å². The van der Waals surface area contributed by atoms with Gasteiger partial charge in [-0.2, -0.15) is 0 Å². The Kier molecular flexibility index (Phi) is 9.95. The van der Waals surface area contributed by atoms with Crippen molar-refractivity contribution in [1.82, 2.24) is 0 Å². The quantitative estimate of drug-likeness (QED) is 0.213. The molecule has 290 valence electrons. The predicted octanol–water partition coefficient (Wildman–Crippen LogP) is 12.6. The second-order valence-electron chi connectivity index (χ2n) is 16.3. The molecule has 0 saturated carbocycles. The van der Waals surface area contributed by atoms with Crippen LogP contribution in [0.4, 0.5) is 16.2 Å². The highest BCUT2D eigenvalue weighted by atomic mass is 16.5. The van der Waals surface area contributed by atoms with Gasteiger partial charge in [0.25, 0.3) is 0 Å². The fraction of sp³-hybridized carbons (Fsp3) is 0.396. The lowest BCUT2D eigenvalue weighted by atomic mass is 9.77. The van der Waals surface area contributed by atoms with Crippen LogP contribution in [0.3, 0.4) is 0 Å². The van der Waals surface area contributed by atoms with Crippen LogP contribution in [-0.4, -0.2) is 13.2 Å². The summed E-state index contributed by atoms with van der Waals surface area (Å²) in [6, 6.07) is 0. The van der Waals surface area contributed by atoms with Gasteiger partial charge in [-0.15, -0.1) is 0 Å². The van der Waals surface area contributed by atoms with Gasteiger partial charge in [0, 0.05) is 33.4 Å². The van der Waals surface area contributed by atoms with Crippen molar-refractivity contribution >= 4 is 23.0 Å². The molecule has 0 bridgehead atoms. The summed E-state index contributed by atoms with van der Waals surface area (Å²) in [5.41, 5.74) is 26.6. The summed E-state index contributed by atoms with van der Waals surface area (Å²) < 4.78 is 23.6. The predicted molar refractivity (Wildman–Crippen MR) is 227 cm³/mol. The largest absolute Gasteiger partial charge is 0.488 e. The van der Waals surface area contributed by atoms with E-state index in [4.69, 9.17) is 18.9 Å². The molecule has 0 atom stereocenters. The molecule has 7 nitrogen and oxygen atoms in total. The van der Waals surface area contributed by atoms with Crippen molar-refractivity contribution in [3.63, 3.8) is 0 Å². The number of carbonyl (C=O) groups is 1. The number of amides is 1. The number of hydrogen-bond acceptors (Lipinski definition) is 6. The maximum absolute atomic E-state index is 12.0. The third kappa shape index (κ3) is 5.98. The van der Waals surface area contributed by atoms with E-state index in [1.807, 2.05) is 13.8 Å². The first-order chi connectivity index (χ1) is 25.7. The Morgan fingerprint density at radius 1 is 0.655 bits per heavy atom. The van der Waals surface area contributed by atoms with Crippen LogP contribution in [0.5, 0.6) is 11.5 Å². The van der Waals surface area contributed by atoms with Crippen molar-refractivity contribution in [2.75, 3.05) is 17.7 Å². The number of benzene rings is 4. The molecule has 0 aromatic heterocycles. The molecule has 1 amide bonds. The zero-order chi connectivity index (χ0) is 40.7. The molecule has 0 unspecified atom stereocenters. The maximum atomic E-state index is 12.0. The molecule has 0 radical (unpaired) electrons. The van der Waals surface area contributed by atoms with Crippen LogP contribution in [0.15, 0.2) is 19.0 Å². The average Bonchev–Trinajstić information content (AvgIpc) is 3.13. The monoisotopic (exact) mass is 742 g/mol. The third-order valence-electron chi connectivity index (χ3n) is 12.9. The molecule has 0 fully saturated rings. The summed E-state index contributed by atoms with van der Waals surface area (Å²) in [6.45, 7) is 41.3. The Hall–Kier alpha value is -5.17. The first kappa shape index (κ1) is 39.5. The van der Waals surface area contributed by atoms with Gasteiger partial charge in [-0.05, 0) is 194 Å². The van der Waals surface area contributed by atoms with Crippen LogP contribution >= 0.6 is 0 Å². The lowest BCUT2D eigenvalue weighted by molar-refractivity contribution is 0.0280. The first-order valence-electron chi connectivity index (χ1n) is 19.1. The Labute approximate surface area is 328 Å². The zero-order valence-electron chi connectivity index (χ0n) is 35.9. The topological polar surface area (TPSA) is 78.1 Å². The smallest absolute Gasteiger partial charge is 0.411 e. The van der Waals surface area contributed by atoms with Gasteiger partial charge in [0.1, 0.15) is 30.3 Å². The van der Waals surface area contributed by atoms with E-state index in [-0.39, 0.29) is 0 Å². The molecular formula is C48H58N2O5. The molecule has 4 aromatic carbocycles. The molecule has 3 aliphatic heterocycles. The van der Waals surface area contributed by atoms with Gasteiger partial charge in [-0.25, -0.2) is 4.79 Å². The maximum Gasteiger partial charge on any atom is 0.411 e. The number of methoxy groups -OCH3 is 1. The zero-order valence-corrected chi connectivity index (χ0v) is 35.9. The lowest BCUT2D eigenvalue weighted by Crippen LogP contribution is -2.33. The van der Waals surface area contributed by atoms with E-state index in [9.17, 15) is 4.79 Å². The summed E-state index contributed by atoms with van der Waals surface area (Å²) in [4.78, 5) is 12.0. The van der Waals surface area contributed by atoms with Crippen LogP contribution in [-0.2, 0) is 28.3 Å². The summed E-state index contributed by atoms with van der Waals surface area (Å²) in [6.07, 6.45) is -0.486. The molecule has 4 aromatic rings. The van der Waals surface area contributed by atoms with Crippen LogP contribution in [0.25, 0.3) is 27.8 Å². The van der Waals surface area contributed by atoms with Gasteiger partial charge in [0.2, 0.25) is 0 Å². The fourth-order valence-corrected chi connectivity index (χ4v) is 9.03. The minimum absolute atomic E-state index is 0.449. The van der Waals surface area contributed by atoms with E-state index in [1.165, 1.54) is 90.6 Å². The van der Waals surface area contributed by atoms with E-state index in [0.717, 1.165) is 56.3 Å². The van der Waals surface area contributed by atoms with E-state index >= 15 is 0 Å². The van der Waals surface area contributed by atoms with Gasteiger partial charge < -0.3 is 24.3 Å². The molecule has 7 heteroatoms.